The summed E-state index contributed by atoms with van der Waals surface area (Å²) in [4.78, 5) is 16.1. The second-order valence-corrected chi connectivity index (χ2v) is 5.97. The zero-order valence-electron chi connectivity index (χ0n) is 13.5. The van der Waals surface area contributed by atoms with E-state index in [1.54, 1.807) is 0 Å². The van der Waals surface area contributed by atoms with E-state index in [2.05, 4.69) is 4.99 Å². The van der Waals surface area contributed by atoms with Gasteiger partial charge in [-0.15, -0.1) is 0 Å². The molecule has 120 valence electrons. The van der Waals surface area contributed by atoms with Gasteiger partial charge in [-0.2, -0.15) is 0 Å². The van der Waals surface area contributed by atoms with E-state index in [4.69, 9.17) is 9.47 Å². The summed E-state index contributed by atoms with van der Waals surface area (Å²) in [7, 11) is 0. The van der Waals surface area contributed by atoms with Crippen molar-refractivity contribution in [1.29, 1.82) is 0 Å². The summed E-state index contributed by atoms with van der Waals surface area (Å²) in [5.74, 6) is 0.313. The van der Waals surface area contributed by atoms with Crippen LogP contribution in [0.1, 0.15) is 51.5 Å². The van der Waals surface area contributed by atoms with Crippen molar-refractivity contribution in [3.63, 3.8) is 0 Å². The van der Waals surface area contributed by atoms with Crippen LogP contribution in [-0.4, -0.2) is 30.9 Å². The number of hydrogen-bond donors (Lipinski definition) is 0. The SMILES string of the molecule is CC(C)OC(=O)COc1ccc(C=NC2CCCCC2)cc1. The number of carbonyl (C=O) groups excluding carboxylic acids is 1. The van der Waals surface area contributed by atoms with E-state index in [1.165, 1.54) is 32.1 Å². The molecule has 1 aliphatic carbocycles. The van der Waals surface area contributed by atoms with Crippen LogP contribution in [0.25, 0.3) is 0 Å². The predicted molar refractivity (Wildman–Crippen MR) is 87.6 cm³/mol. The van der Waals surface area contributed by atoms with Gasteiger partial charge in [0.2, 0.25) is 0 Å². The minimum atomic E-state index is -0.349. The van der Waals surface area contributed by atoms with Crippen molar-refractivity contribution in [3.05, 3.63) is 29.8 Å². The first-order valence-corrected chi connectivity index (χ1v) is 8.09. The molecule has 0 radical (unpaired) electrons. The third kappa shape index (κ3) is 5.88. The van der Waals surface area contributed by atoms with Crippen LogP contribution in [0.2, 0.25) is 0 Å². The number of ether oxygens (including phenoxy) is 2. The van der Waals surface area contributed by atoms with Crippen LogP contribution < -0.4 is 4.74 Å². The maximum absolute atomic E-state index is 11.4. The molecule has 1 aromatic rings. The number of hydrogen-bond acceptors (Lipinski definition) is 4. The van der Waals surface area contributed by atoms with Crippen LogP contribution in [-0.2, 0) is 9.53 Å². The predicted octanol–water partition coefficient (Wildman–Crippen LogP) is 3.77. The summed E-state index contributed by atoms with van der Waals surface area (Å²) in [6.45, 7) is 3.57. The van der Waals surface area contributed by atoms with Crippen LogP contribution in [0.3, 0.4) is 0 Å². The zero-order valence-corrected chi connectivity index (χ0v) is 13.5. The Bertz CT molecular complexity index is 488. The molecule has 0 aliphatic heterocycles. The Kier molecular flexibility index (Phi) is 6.44. The molecular weight excluding hydrogens is 278 g/mol. The molecule has 0 atom stereocenters. The van der Waals surface area contributed by atoms with E-state index in [-0.39, 0.29) is 18.7 Å². The quantitative estimate of drug-likeness (QED) is 0.593. The average molecular weight is 303 g/mol. The molecule has 0 N–H and O–H groups in total. The van der Waals surface area contributed by atoms with E-state index in [0.717, 1.165) is 5.56 Å². The van der Waals surface area contributed by atoms with Crippen LogP contribution >= 0.6 is 0 Å². The maximum atomic E-state index is 11.4. The summed E-state index contributed by atoms with van der Waals surface area (Å²) in [5.41, 5.74) is 1.06. The minimum absolute atomic E-state index is 0.0618. The molecule has 4 nitrogen and oxygen atoms in total. The van der Waals surface area contributed by atoms with Gasteiger partial charge in [-0.3, -0.25) is 4.99 Å². The summed E-state index contributed by atoms with van der Waals surface area (Å²) in [6.07, 6.45) is 8.16. The lowest BCUT2D eigenvalue weighted by atomic mass is 9.96. The fraction of sp³-hybridized carbons (Fsp3) is 0.556. The van der Waals surface area contributed by atoms with E-state index in [1.807, 2.05) is 44.3 Å². The second-order valence-electron chi connectivity index (χ2n) is 5.97. The van der Waals surface area contributed by atoms with Crippen LogP contribution in [0.4, 0.5) is 0 Å². The van der Waals surface area contributed by atoms with Crippen molar-refractivity contribution in [3.8, 4) is 5.75 Å². The fourth-order valence-electron chi connectivity index (χ4n) is 2.51. The lowest BCUT2D eigenvalue weighted by molar-refractivity contribution is -0.149. The number of rotatable bonds is 6. The molecule has 2 rings (SSSR count). The Morgan fingerprint density at radius 3 is 2.55 bits per heavy atom. The zero-order chi connectivity index (χ0) is 15.8. The molecule has 0 unspecified atom stereocenters. The maximum Gasteiger partial charge on any atom is 0.344 e. The number of benzene rings is 1. The molecule has 1 aliphatic rings. The van der Waals surface area contributed by atoms with E-state index in [0.29, 0.717) is 11.8 Å². The number of nitrogens with zero attached hydrogens (tertiary/aromatic N) is 1. The molecule has 1 aromatic carbocycles. The highest BCUT2D eigenvalue weighted by atomic mass is 16.6. The molecule has 1 fully saturated rings. The number of esters is 1. The summed E-state index contributed by atoms with van der Waals surface area (Å²) < 4.78 is 10.4. The molecule has 0 heterocycles. The molecule has 0 amide bonds. The van der Waals surface area contributed by atoms with Gasteiger partial charge in [0.05, 0.1) is 6.10 Å². The van der Waals surface area contributed by atoms with E-state index >= 15 is 0 Å². The van der Waals surface area contributed by atoms with Gasteiger partial charge in [0.25, 0.3) is 0 Å². The largest absolute Gasteiger partial charge is 0.482 e. The molecule has 0 spiro atoms. The van der Waals surface area contributed by atoms with Crippen LogP contribution in [0, 0.1) is 0 Å². The van der Waals surface area contributed by atoms with Gasteiger partial charge in [0.15, 0.2) is 6.61 Å². The van der Waals surface area contributed by atoms with Crippen molar-refractivity contribution in [2.24, 2.45) is 4.99 Å². The molecule has 0 bridgehead atoms. The fourth-order valence-corrected chi connectivity index (χ4v) is 2.51. The first-order valence-electron chi connectivity index (χ1n) is 8.09. The van der Waals surface area contributed by atoms with E-state index < -0.39 is 0 Å². The van der Waals surface area contributed by atoms with Crippen molar-refractivity contribution >= 4 is 12.2 Å². The summed E-state index contributed by atoms with van der Waals surface area (Å²) >= 11 is 0. The highest BCUT2D eigenvalue weighted by Gasteiger charge is 2.10. The first kappa shape index (κ1) is 16.5. The smallest absolute Gasteiger partial charge is 0.344 e. The van der Waals surface area contributed by atoms with Crippen molar-refractivity contribution in [2.75, 3.05) is 6.61 Å². The van der Waals surface area contributed by atoms with Crippen molar-refractivity contribution < 1.29 is 14.3 Å². The minimum Gasteiger partial charge on any atom is -0.482 e. The summed E-state index contributed by atoms with van der Waals surface area (Å²) in [6, 6.07) is 8.09. The van der Waals surface area contributed by atoms with Crippen LogP contribution in [0.5, 0.6) is 5.75 Å². The molecule has 22 heavy (non-hydrogen) atoms. The normalized spacial score (nSPS) is 16.1. The lowest BCUT2D eigenvalue weighted by Gasteiger charge is -2.17. The Hall–Kier alpha value is -1.84. The Balaban J connectivity index is 1.79. The molecular formula is C18H25NO3. The third-order valence-electron chi connectivity index (χ3n) is 3.61. The van der Waals surface area contributed by atoms with Crippen molar-refractivity contribution in [1.82, 2.24) is 0 Å². The molecule has 1 saturated carbocycles. The van der Waals surface area contributed by atoms with Gasteiger partial charge in [0, 0.05) is 12.3 Å². The number of aliphatic imine (C=N–C) groups is 1. The highest BCUT2D eigenvalue weighted by Crippen LogP contribution is 2.20. The van der Waals surface area contributed by atoms with Gasteiger partial charge in [-0.05, 0) is 56.5 Å². The van der Waals surface area contributed by atoms with Crippen molar-refractivity contribution in [2.45, 2.75) is 58.1 Å². The van der Waals surface area contributed by atoms with Gasteiger partial charge < -0.3 is 9.47 Å². The first-order chi connectivity index (χ1) is 10.6. The Labute approximate surface area is 132 Å². The average Bonchev–Trinajstić information content (AvgIpc) is 2.52. The van der Waals surface area contributed by atoms with E-state index in [9.17, 15) is 4.79 Å². The second kappa shape index (κ2) is 8.57. The topological polar surface area (TPSA) is 47.9 Å². The molecule has 0 saturated heterocycles. The highest BCUT2D eigenvalue weighted by molar-refractivity contribution is 5.80. The Morgan fingerprint density at radius 2 is 1.91 bits per heavy atom. The van der Waals surface area contributed by atoms with Gasteiger partial charge in [-0.1, -0.05) is 19.3 Å². The summed E-state index contributed by atoms with van der Waals surface area (Å²) in [5, 5.41) is 0. The standard InChI is InChI=1S/C18H25NO3/c1-14(2)22-18(20)13-21-17-10-8-15(9-11-17)12-19-16-6-4-3-5-7-16/h8-12,14,16H,3-7,13H2,1-2H3. The Morgan fingerprint density at radius 1 is 1.23 bits per heavy atom. The molecule has 4 heteroatoms. The lowest BCUT2D eigenvalue weighted by Crippen LogP contribution is -2.18. The third-order valence-corrected chi connectivity index (χ3v) is 3.61. The van der Waals surface area contributed by atoms with Gasteiger partial charge in [-0.25, -0.2) is 4.79 Å². The monoisotopic (exact) mass is 303 g/mol. The van der Waals surface area contributed by atoms with Gasteiger partial charge >= 0.3 is 5.97 Å². The molecule has 0 aromatic heterocycles. The van der Waals surface area contributed by atoms with Gasteiger partial charge in [0.1, 0.15) is 5.75 Å². The number of carbonyl (C=O) groups is 1. The van der Waals surface area contributed by atoms with Crippen LogP contribution in [0.15, 0.2) is 29.3 Å².